The van der Waals surface area contributed by atoms with Crippen molar-refractivity contribution in [2.75, 3.05) is 5.32 Å². The molecule has 2 rings (SSSR count). The molecule has 0 fully saturated rings. The number of halogens is 2. The quantitative estimate of drug-likeness (QED) is 0.673. The van der Waals surface area contributed by atoms with Crippen molar-refractivity contribution >= 4 is 33.2 Å². The smallest absolute Gasteiger partial charge is 0.306 e. The lowest BCUT2D eigenvalue weighted by molar-refractivity contribution is -0.387. The molecule has 0 aromatic heterocycles. The second-order valence-electron chi connectivity index (χ2n) is 4.27. The van der Waals surface area contributed by atoms with E-state index in [0.717, 1.165) is 22.2 Å². The van der Waals surface area contributed by atoms with Gasteiger partial charge in [-0.3, -0.25) is 14.9 Å². The Balaban J connectivity index is 2.07. The second kappa shape index (κ2) is 6.45. The van der Waals surface area contributed by atoms with Crippen LogP contribution in [0.25, 0.3) is 0 Å². The first-order valence-electron chi connectivity index (χ1n) is 5.94. The second-order valence-corrected chi connectivity index (χ2v) is 5.19. The number of carbonyl (C=O) groups is 1. The minimum Gasteiger partial charge on any atom is -0.326 e. The van der Waals surface area contributed by atoms with Crippen LogP contribution in [0.4, 0.5) is 15.8 Å². The lowest BCUT2D eigenvalue weighted by atomic mass is 10.1. The number of nitrogens with zero attached hydrogens (tertiary/aromatic N) is 1. The van der Waals surface area contributed by atoms with Gasteiger partial charge < -0.3 is 5.32 Å². The van der Waals surface area contributed by atoms with E-state index in [1.165, 1.54) is 6.07 Å². The number of nitrogens with one attached hydrogen (secondary N) is 1. The van der Waals surface area contributed by atoms with Crippen molar-refractivity contribution in [1.29, 1.82) is 0 Å². The summed E-state index contributed by atoms with van der Waals surface area (Å²) in [6, 6.07) is 10.4. The molecule has 21 heavy (non-hydrogen) atoms. The number of rotatable bonds is 4. The Morgan fingerprint density at radius 3 is 2.52 bits per heavy atom. The number of anilines is 1. The van der Waals surface area contributed by atoms with Crippen LogP contribution >= 0.6 is 15.9 Å². The Labute approximate surface area is 128 Å². The SMILES string of the molecule is O=C(Cc1ccc(Br)cc1)Nc1ccc(F)c([N+](=O)[O-])c1. The first-order valence-corrected chi connectivity index (χ1v) is 6.73. The summed E-state index contributed by atoms with van der Waals surface area (Å²) in [6.07, 6.45) is 0.123. The Bertz CT molecular complexity index is 689. The molecule has 0 saturated carbocycles. The van der Waals surface area contributed by atoms with Crippen LogP contribution in [0.2, 0.25) is 0 Å². The number of benzene rings is 2. The molecule has 0 radical (unpaired) electrons. The van der Waals surface area contributed by atoms with Crippen molar-refractivity contribution in [3.8, 4) is 0 Å². The first-order chi connectivity index (χ1) is 9.95. The Hall–Kier alpha value is -2.28. The molecule has 2 aromatic rings. The van der Waals surface area contributed by atoms with E-state index in [-0.39, 0.29) is 18.0 Å². The van der Waals surface area contributed by atoms with Gasteiger partial charge in [0, 0.05) is 16.2 Å². The van der Waals surface area contributed by atoms with Crippen LogP contribution in [-0.2, 0) is 11.2 Å². The molecular weight excluding hydrogens is 343 g/mol. The summed E-state index contributed by atoms with van der Waals surface area (Å²) in [5.74, 6) is -1.27. The van der Waals surface area contributed by atoms with Crippen LogP contribution in [-0.4, -0.2) is 10.8 Å². The van der Waals surface area contributed by atoms with E-state index in [1.54, 1.807) is 12.1 Å². The van der Waals surface area contributed by atoms with Crippen LogP contribution < -0.4 is 5.32 Å². The van der Waals surface area contributed by atoms with Gasteiger partial charge in [-0.1, -0.05) is 28.1 Å². The fraction of sp³-hybridized carbons (Fsp3) is 0.0714. The van der Waals surface area contributed by atoms with Gasteiger partial charge in [0.15, 0.2) is 0 Å². The predicted octanol–water partition coefficient (Wildman–Crippen LogP) is 3.68. The minimum absolute atomic E-state index is 0.123. The number of hydrogen-bond acceptors (Lipinski definition) is 3. The maximum atomic E-state index is 13.2. The summed E-state index contributed by atoms with van der Waals surface area (Å²) in [6.45, 7) is 0. The van der Waals surface area contributed by atoms with Crippen molar-refractivity contribution in [1.82, 2.24) is 0 Å². The highest BCUT2D eigenvalue weighted by Gasteiger charge is 2.15. The van der Waals surface area contributed by atoms with Gasteiger partial charge in [0.05, 0.1) is 11.3 Å². The fourth-order valence-electron chi connectivity index (χ4n) is 1.72. The minimum atomic E-state index is -0.939. The lowest BCUT2D eigenvalue weighted by Crippen LogP contribution is -2.14. The molecule has 0 bridgehead atoms. The Morgan fingerprint density at radius 2 is 1.90 bits per heavy atom. The molecule has 1 amide bonds. The van der Waals surface area contributed by atoms with Gasteiger partial charge in [-0.25, -0.2) is 0 Å². The molecule has 5 nitrogen and oxygen atoms in total. The number of nitro groups is 1. The first kappa shape index (κ1) is 15.1. The van der Waals surface area contributed by atoms with E-state index in [9.17, 15) is 19.3 Å². The molecule has 0 aliphatic rings. The molecule has 0 unspecified atom stereocenters. The van der Waals surface area contributed by atoms with Crippen LogP contribution in [0.1, 0.15) is 5.56 Å². The zero-order valence-electron chi connectivity index (χ0n) is 10.7. The van der Waals surface area contributed by atoms with E-state index in [4.69, 9.17) is 0 Å². The summed E-state index contributed by atoms with van der Waals surface area (Å²) in [4.78, 5) is 21.6. The molecule has 0 spiro atoms. The molecule has 0 heterocycles. The van der Waals surface area contributed by atoms with Crippen molar-refractivity contribution in [3.05, 3.63) is 68.4 Å². The lowest BCUT2D eigenvalue weighted by Gasteiger charge is -2.06. The van der Waals surface area contributed by atoms with Gasteiger partial charge in [-0.15, -0.1) is 0 Å². The zero-order valence-corrected chi connectivity index (χ0v) is 12.3. The molecule has 0 atom stereocenters. The van der Waals surface area contributed by atoms with Gasteiger partial charge in [0.2, 0.25) is 11.7 Å². The van der Waals surface area contributed by atoms with Crippen molar-refractivity contribution in [2.24, 2.45) is 0 Å². The maximum Gasteiger partial charge on any atom is 0.306 e. The fourth-order valence-corrected chi connectivity index (χ4v) is 1.99. The van der Waals surface area contributed by atoms with E-state index in [2.05, 4.69) is 21.2 Å². The normalized spacial score (nSPS) is 10.2. The summed E-state index contributed by atoms with van der Waals surface area (Å²) in [7, 11) is 0. The average Bonchev–Trinajstić information content (AvgIpc) is 2.43. The topological polar surface area (TPSA) is 72.2 Å². The van der Waals surface area contributed by atoms with E-state index >= 15 is 0 Å². The number of carbonyl (C=O) groups excluding carboxylic acids is 1. The third-order valence-electron chi connectivity index (χ3n) is 2.70. The molecular formula is C14H10BrFN2O3. The molecule has 0 aliphatic heterocycles. The number of amides is 1. The van der Waals surface area contributed by atoms with E-state index in [0.29, 0.717) is 0 Å². The molecule has 2 aromatic carbocycles. The van der Waals surface area contributed by atoms with Crippen molar-refractivity contribution in [2.45, 2.75) is 6.42 Å². The Morgan fingerprint density at radius 1 is 1.24 bits per heavy atom. The summed E-state index contributed by atoms with van der Waals surface area (Å²) >= 11 is 3.29. The molecule has 0 saturated heterocycles. The summed E-state index contributed by atoms with van der Waals surface area (Å²) in [5, 5.41) is 13.1. The van der Waals surface area contributed by atoms with Gasteiger partial charge >= 0.3 is 5.69 Å². The van der Waals surface area contributed by atoms with Crippen LogP contribution in [0.3, 0.4) is 0 Å². The molecule has 108 valence electrons. The average molecular weight is 353 g/mol. The highest BCUT2D eigenvalue weighted by molar-refractivity contribution is 9.10. The van der Waals surface area contributed by atoms with E-state index < -0.39 is 16.4 Å². The highest BCUT2D eigenvalue weighted by atomic mass is 79.9. The van der Waals surface area contributed by atoms with Gasteiger partial charge in [-0.2, -0.15) is 4.39 Å². The summed E-state index contributed by atoms with van der Waals surface area (Å²) in [5.41, 5.74) is 0.314. The van der Waals surface area contributed by atoms with Gasteiger partial charge in [-0.05, 0) is 29.8 Å². The zero-order chi connectivity index (χ0) is 15.4. The highest BCUT2D eigenvalue weighted by Crippen LogP contribution is 2.21. The van der Waals surface area contributed by atoms with E-state index in [1.807, 2.05) is 12.1 Å². The summed E-state index contributed by atoms with van der Waals surface area (Å²) < 4.78 is 14.1. The molecule has 0 aliphatic carbocycles. The van der Waals surface area contributed by atoms with Crippen molar-refractivity contribution < 1.29 is 14.1 Å². The number of hydrogen-bond donors (Lipinski definition) is 1. The molecule has 1 N–H and O–H groups in total. The van der Waals surface area contributed by atoms with Gasteiger partial charge in [0.1, 0.15) is 0 Å². The van der Waals surface area contributed by atoms with Crippen LogP contribution in [0.15, 0.2) is 46.9 Å². The third-order valence-corrected chi connectivity index (χ3v) is 3.23. The third kappa shape index (κ3) is 4.09. The maximum absolute atomic E-state index is 13.2. The largest absolute Gasteiger partial charge is 0.326 e. The van der Waals surface area contributed by atoms with Gasteiger partial charge in [0.25, 0.3) is 0 Å². The number of nitro benzene ring substituents is 1. The van der Waals surface area contributed by atoms with Crippen LogP contribution in [0, 0.1) is 15.9 Å². The monoisotopic (exact) mass is 352 g/mol. The standard InChI is InChI=1S/C14H10BrFN2O3/c15-10-3-1-9(2-4-10)7-14(19)17-11-5-6-12(16)13(8-11)18(20)21/h1-6,8H,7H2,(H,17,19). The van der Waals surface area contributed by atoms with Crippen LogP contribution in [0.5, 0.6) is 0 Å². The van der Waals surface area contributed by atoms with Crippen molar-refractivity contribution in [3.63, 3.8) is 0 Å². The predicted molar refractivity (Wildman–Crippen MR) is 79.5 cm³/mol. The molecule has 7 heteroatoms. The Kier molecular flexibility index (Phi) is 4.64.